The summed E-state index contributed by atoms with van der Waals surface area (Å²) in [7, 11) is 0. The summed E-state index contributed by atoms with van der Waals surface area (Å²) in [5, 5.41) is 24.2. The lowest BCUT2D eigenvalue weighted by Crippen LogP contribution is -2.13. The van der Waals surface area contributed by atoms with E-state index in [1.807, 2.05) is 30.3 Å². The van der Waals surface area contributed by atoms with E-state index >= 15 is 0 Å². The zero-order valence-corrected chi connectivity index (χ0v) is 12.3. The van der Waals surface area contributed by atoms with Crippen molar-refractivity contribution in [1.29, 1.82) is 0 Å². The highest BCUT2D eigenvalue weighted by Crippen LogP contribution is 2.23. The summed E-state index contributed by atoms with van der Waals surface area (Å²) in [6.07, 6.45) is -1.05. The van der Waals surface area contributed by atoms with Crippen LogP contribution in [0.4, 0.5) is 22.7 Å². The molecule has 0 saturated carbocycles. The zero-order valence-electron chi connectivity index (χ0n) is 12.3. The minimum atomic E-state index is -1.31. The van der Waals surface area contributed by atoms with Gasteiger partial charge in [-0.3, -0.25) is 0 Å². The number of hydrogen-bond donors (Lipinski definition) is 6. The van der Waals surface area contributed by atoms with Gasteiger partial charge in [0.25, 0.3) is 0 Å². The van der Waals surface area contributed by atoms with Crippen LogP contribution >= 0.6 is 0 Å². The lowest BCUT2D eigenvalue weighted by Gasteiger charge is -2.15. The van der Waals surface area contributed by atoms with Crippen molar-refractivity contribution in [3.63, 3.8) is 0 Å². The lowest BCUT2D eigenvalue weighted by molar-refractivity contribution is -0.0423. The first kappa shape index (κ1) is 15.9. The van der Waals surface area contributed by atoms with Gasteiger partial charge in [0, 0.05) is 30.9 Å². The van der Waals surface area contributed by atoms with Gasteiger partial charge in [-0.25, -0.2) is 0 Å². The van der Waals surface area contributed by atoms with Gasteiger partial charge >= 0.3 is 0 Å². The highest BCUT2D eigenvalue weighted by molar-refractivity contribution is 5.69. The second kappa shape index (κ2) is 7.53. The Hall–Kier alpha value is -2.44. The first-order valence-corrected chi connectivity index (χ1v) is 7.13. The molecule has 0 radical (unpaired) electrons. The average molecular weight is 302 g/mol. The Balaban J connectivity index is 2.01. The maximum atomic E-state index is 8.88. The van der Waals surface area contributed by atoms with Gasteiger partial charge in [-0.15, -0.1) is 0 Å². The topological polar surface area (TPSA) is 117 Å². The van der Waals surface area contributed by atoms with E-state index in [9.17, 15) is 0 Å². The Labute approximate surface area is 129 Å². The molecule has 0 atom stereocenters. The normalized spacial score (nSPS) is 10.7. The van der Waals surface area contributed by atoms with Crippen molar-refractivity contribution in [1.82, 2.24) is 0 Å². The lowest BCUT2D eigenvalue weighted by atomic mass is 10.1. The molecule has 2 aromatic rings. The molecule has 0 saturated heterocycles. The maximum absolute atomic E-state index is 8.88. The number of nitrogens with two attached hydrogens (primary N) is 2. The number of nitrogens with one attached hydrogen (secondary N) is 2. The SMILES string of the molecule is Nc1ccc(N)c(CNc2ccccc2NCCC(O)O)c1. The number of para-hydroxylation sites is 2. The third-order valence-corrected chi connectivity index (χ3v) is 3.28. The summed E-state index contributed by atoms with van der Waals surface area (Å²) in [6.45, 7) is 1.02. The number of aliphatic hydroxyl groups excluding tert-OH is 1. The van der Waals surface area contributed by atoms with E-state index in [1.165, 1.54) is 0 Å². The first-order valence-electron chi connectivity index (χ1n) is 7.13. The van der Waals surface area contributed by atoms with E-state index in [1.54, 1.807) is 12.1 Å². The molecule has 0 aliphatic carbocycles. The van der Waals surface area contributed by atoms with Gasteiger partial charge in [0.15, 0.2) is 6.29 Å². The van der Waals surface area contributed by atoms with Crippen molar-refractivity contribution < 1.29 is 10.2 Å². The van der Waals surface area contributed by atoms with Crippen LogP contribution in [0.25, 0.3) is 0 Å². The molecule has 0 bridgehead atoms. The number of rotatable bonds is 7. The molecule has 6 heteroatoms. The van der Waals surface area contributed by atoms with Crippen molar-refractivity contribution in [2.75, 3.05) is 28.6 Å². The van der Waals surface area contributed by atoms with Crippen LogP contribution in [0.15, 0.2) is 42.5 Å². The van der Waals surface area contributed by atoms with Crippen molar-refractivity contribution in [2.45, 2.75) is 19.3 Å². The Bertz CT molecular complexity index is 617. The zero-order chi connectivity index (χ0) is 15.9. The van der Waals surface area contributed by atoms with E-state index < -0.39 is 6.29 Å². The Morgan fingerprint density at radius 1 is 0.955 bits per heavy atom. The van der Waals surface area contributed by atoms with Crippen LogP contribution in [0.5, 0.6) is 0 Å². The van der Waals surface area contributed by atoms with Crippen molar-refractivity contribution in [3.05, 3.63) is 48.0 Å². The summed E-state index contributed by atoms with van der Waals surface area (Å²) >= 11 is 0. The van der Waals surface area contributed by atoms with E-state index in [-0.39, 0.29) is 6.42 Å². The van der Waals surface area contributed by atoms with Crippen molar-refractivity contribution in [3.8, 4) is 0 Å². The van der Waals surface area contributed by atoms with Crippen LogP contribution in [0.3, 0.4) is 0 Å². The van der Waals surface area contributed by atoms with Gasteiger partial charge in [-0.2, -0.15) is 0 Å². The molecule has 0 heterocycles. The molecule has 0 unspecified atom stereocenters. The molecular weight excluding hydrogens is 280 g/mol. The molecule has 8 N–H and O–H groups in total. The molecular formula is C16H22N4O2. The summed E-state index contributed by atoms with van der Waals surface area (Å²) in [5.41, 5.74) is 15.8. The van der Waals surface area contributed by atoms with E-state index in [2.05, 4.69) is 10.6 Å². The Morgan fingerprint density at radius 2 is 1.64 bits per heavy atom. The van der Waals surface area contributed by atoms with Crippen LogP contribution in [-0.2, 0) is 6.54 Å². The third-order valence-electron chi connectivity index (χ3n) is 3.28. The molecule has 22 heavy (non-hydrogen) atoms. The van der Waals surface area contributed by atoms with Crippen LogP contribution in [-0.4, -0.2) is 23.0 Å². The fraction of sp³-hybridized carbons (Fsp3) is 0.250. The molecule has 0 aliphatic rings. The molecule has 118 valence electrons. The summed E-state index contributed by atoms with van der Waals surface area (Å²) in [4.78, 5) is 0. The van der Waals surface area contributed by atoms with Crippen LogP contribution in [0.1, 0.15) is 12.0 Å². The van der Waals surface area contributed by atoms with Crippen LogP contribution in [0.2, 0.25) is 0 Å². The number of benzene rings is 2. The van der Waals surface area contributed by atoms with Gasteiger partial charge in [0.05, 0.1) is 11.4 Å². The number of anilines is 4. The van der Waals surface area contributed by atoms with Crippen molar-refractivity contribution >= 4 is 22.7 Å². The van der Waals surface area contributed by atoms with Gasteiger partial charge in [0.1, 0.15) is 0 Å². The first-order chi connectivity index (χ1) is 10.6. The Kier molecular flexibility index (Phi) is 5.46. The number of hydrogen-bond acceptors (Lipinski definition) is 6. The summed E-state index contributed by atoms with van der Waals surface area (Å²) in [6, 6.07) is 13.1. The fourth-order valence-corrected chi connectivity index (χ4v) is 2.10. The monoisotopic (exact) mass is 302 g/mol. The van der Waals surface area contributed by atoms with E-state index in [0.717, 1.165) is 16.9 Å². The molecule has 0 aromatic heterocycles. The van der Waals surface area contributed by atoms with E-state index in [4.69, 9.17) is 21.7 Å². The molecule has 6 nitrogen and oxygen atoms in total. The molecule has 0 amide bonds. The quantitative estimate of drug-likeness (QED) is 0.341. The summed E-state index contributed by atoms with van der Waals surface area (Å²) in [5.74, 6) is 0. The van der Waals surface area contributed by atoms with Gasteiger partial charge in [0.2, 0.25) is 0 Å². The molecule has 0 aliphatic heterocycles. The standard InChI is InChI=1S/C16H22N4O2/c17-12-5-6-13(18)11(9-12)10-20-15-4-2-1-3-14(15)19-8-7-16(21)22/h1-6,9,16,19-22H,7-8,10,17-18H2. The average Bonchev–Trinajstić information content (AvgIpc) is 2.49. The highest BCUT2D eigenvalue weighted by atomic mass is 16.5. The third kappa shape index (κ3) is 4.54. The van der Waals surface area contributed by atoms with Gasteiger partial charge < -0.3 is 32.3 Å². The van der Waals surface area contributed by atoms with Gasteiger partial charge in [-0.05, 0) is 35.9 Å². The van der Waals surface area contributed by atoms with Crippen LogP contribution < -0.4 is 22.1 Å². The summed E-state index contributed by atoms with van der Waals surface area (Å²) < 4.78 is 0. The number of nitrogen functional groups attached to an aromatic ring is 2. The molecule has 0 fully saturated rings. The second-order valence-electron chi connectivity index (χ2n) is 5.05. The van der Waals surface area contributed by atoms with Gasteiger partial charge in [-0.1, -0.05) is 12.1 Å². The highest BCUT2D eigenvalue weighted by Gasteiger charge is 2.04. The minimum Gasteiger partial charge on any atom is -0.399 e. The van der Waals surface area contributed by atoms with Crippen molar-refractivity contribution in [2.24, 2.45) is 0 Å². The predicted octanol–water partition coefficient (Wildman–Crippen LogP) is 1.58. The van der Waals surface area contributed by atoms with Crippen LogP contribution in [0, 0.1) is 0 Å². The second-order valence-corrected chi connectivity index (χ2v) is 5.05. The predicted molar refractivity (Wildman–Crippen MR) is 90.4 cm³/mol. The molecule has 2 aromatic carbocycles. The molecule has 2 rings (SSSR count). The molecule has 0 spiro atoms. The Morgan fingerprint density at radius 3 is 2.32 bits per heavy atom. The maximum Gasteiger partial charge on any atom is 0.153 e. The minimum absolute atomic E-state index is 0.260. The number of aliphatic hydroxyl groups is 2. The largest absolute Gasteiger partial charge is 0.399 e. The van der Waals surface area contributed by atoms with E-state index in [0.29, 0.717) is 24.5 Å². The fourth-order valence-electron chi connectivity index (χ4n) is 2.10. The smallest absolute Gasteiger partial charge is 0.153 e.